The molecule has 4 rings (SSSR count). The number of hydrogen-bond donors (Lipinski definition) is 1. The van der Waals surface area contributed by atoms with Gasteiger partial charge in [0.15, 0.2) is 0 Å². The molecular weight excluding hydrogens is 467 g/mol. The molecule has 3 aromatic carbocycles. The predicted octanol–water partition coefficient (Wildman–Crippen LogP) is 5.35. The molecule has 1 heterocycles. The highest BCUT2D eigenvalue weighted by atomic mass is 32.2. The fourth-order valence-corrected chi connectivity index (χ4v) is 3.92. The molecule has 1 atom stereocenters. The summed E-state index contributed by atoms with van der Waals surface area (Å²) in [6.07, 6.45) is -4.78. The van der Waals surface area contributed by atoms with E-state index >= 15 is 0 Å². The van der Waals surface area contributed by atoms with E-state index < -0.39 is 11.6 Å². The number of hydrogen-bond acceptors (Lipinski definition) is 6. The summed E-state index contributed by atoms with van der Waals surface area (Å²) in [6, 6.07) is 22.3. The number of anilines is 1. The molecule has 0 aliphatic rings. The van der Waals surface area contributed by atoms with E-state index in [4.69, 9.17) is 0 Å². The summed E-state index contributed by atoms with van der Waals surface area (Å²) in [5.74, 6) is -0.611. The average Bonchev–Trinajstić information content (AvgIpc) is 3.27. The summed E-state index contributed by atoms with van der Waals surface area (Å²) < 4.78 is 42.3. The number of rotatable bonds is 7. The number of nitrogens with zero attached hydrogens (tertiary/aromatic N) is 4. The van der Waals surface area contributed by atoms with Gasteiger partial charge >= 0.3 is 6.36 Å². The first-order chi connectivity index (χ1) is 16.3. The van der Waals surface area contributed by atoms with E-state index in [-0.39, 0.29) is 11.7 Å². The van der Waals surface area contributed by atoms with Gasteiger partial charge in [-0.2, -0.15) is 4.68 Å². The second-order valence-corrected chi connectivity index (χ2v) is 8.38. The summed E-state index contributed by atoms with van der Waals surface area (Å²) in [5, 5.41) is 14.1. The molecule has 174 valence electrons. The van der Waals surface area contributed by atoms with Crippen molar-refractivity contribution in [2.45, 2.75) is 23.7 Å². The molecule has 0 aliphatic heterocycles. The highest BCUT2D eigenvalue weighted by Crippen LogP contribution is 2.30. The maximum atomic E-state index is 12.9. The van der Waals surface area contributed by atoms with Crippen molar-refractivity contribution in [1.29, 1.82) is 0 Å². The van der Waals surface area contributed by atoms with Crippen molar-refractivity contribution in [2.75, 3.05) is 5.32 Å². The molecule has 1 aromatic heterocycles. The number of amides is 1. The standard InChI is InChI=1S/C23H18F3N5O2S/c1-15(21(32)27-20-10-6-5-9-19(20)16-7-3-2-4-8-16)34-22-28-29-30-31(22)17-11-13-18(14-12-17)33-23(24,25)26/h2-15H,1H3,(H,27,32). The zero-order chi connectivity index (χ0) is 24.1. The summed E-state index contributed by atoms with van der Waals surface area (Å²) in [7, 11) is 0. The number of para-hydroxylation sites is 1. The Kier molecular flexibility index (Phi) is 6.82. The van der Waals surface area contributed by atoms with Gasteiger partial charge in [-0.05, 0) is 53.2 Å². The van der Waals surface area contributed by atoms with Gasteiger partial charge in [0.1, 0.15) is 5.75 Å². The lowest BCUT2D eigenvalue weighted by molar-refractivity contribution is -0.274. The minimum atomic E-state index is -4.78. The fraction of sp³-hybridized carbons (Fsp3) is 0.130. The van der Waals surface area contributed by atoms with Crippen LogP contribution in [0.2, 0.25) is 0 Å². The van der Waals surface area contributed by atoms with E-state index in [0.717, 1.165) is 35.0 Å². The van der Waals surface area contributed by atoms with Crippen molar-refractivity contribution < 1.29 is 22.7 Å². The van der Waals surface area contributed by atoms with Crippen LogP contribution in [-0.4, -0.2) is 37.7 Å². The molecule has 4 aromatic rings. The average molecular weight is 485 g/mol. The molecule has 0 radical (unpaired) electrons. The van der Waals surface area contributed by atoms with Crippen LogP contribution in [-0.2, 0) is 4.79 Å². The van der Waals surface area contributed by atoms with Gasteiger partial charge in [0.2, 0.25) is 11.1 Å². The zero-order valence-electron chi connectivity index (χ0n) is 17.7. The largest absolute Gasteiger partial charge is 0.573 e. The minimum absolute atomic E-state index is 0.253. The predicted molar refractivity (Wildman–Crippen MR) is 122 cm³/mol. The summed E-state index contributed by atoms with van der Waals surface area (Å²) in [4.78, 5) is 12.9. The number of alkyl halides is 3. The Balaban J connectivity index is 1.46. The van der Waals surface area contributed by atoms with Crippen molar-refractivity contribution >= 4 is 23.4 Å². The van der Waals surface area contributed by atoms with E-state index in [1.165, 1.54) is 16.8 Å². The lowest BCUT2D eigenvalue weighted by atomic mass is 10.0. The number of tetrazole rings is 1. The number of carbonyl (C=O) groups excluding carboxylic acids is 1. The Morgan fingerprint density at radius 3 is 2.38 bits per heavy atom. The van der Waals surface area contributed by atoms with Crippen LogP contribution in [0.25, 0.3) is 16.8 Å². The van der Waals surface area contributed by atoms with E-state index in [1.54, 1.807) is 6.92 Å². The lowest BCUT2D eigenvalue weighted by Crippen LogP contribution is -2.23. The molecule has 0 spiro atoms. The maximum Gasteiger partial charge on any atom is 0.573 e. The van der Waals surface area contributed by atoms with Crippen LogP contribution < -0.4 is 10.1 Å². The van der Waals surface area contributed by atoms with Crippen LogP contribution in [0.4, 0.5) is 18.9 Å². The topological polar surface area (TPSA) is 81.9 Å². The minimum Gasteiger partial charge on any atom is -0.406 e. The Labute approximate surface area is 196 Å². The Hall–Kier alpha value is -3.86. The molecule has 11 heteroatoms. The highest BCUT2D eigenvalue weighted by molar-refractivity contribution is 8.00. The van der Waals surface area contributed by atoms with Gasteiger partial charge < -0.3 is 10.1 Å². The number of thioether (sulfide) groups is 1. The van der Waals surface area contributed by atoms with E-state index in [2.05, 4.69) is 25.6 Å². The number of nitrogens with one attached hydrogen (secondary N) is 1. The molecule has 0 fully saturated rings. The molecule has 0 bridgehead atoms. The fourth-order valence-electron chi connectivity index (χ4n) is 3.11. The quantitative estimate of drug-likeness (QED) is 0.356. The van der Waals surface area contributed by atoms with Crippen LogP contribution in [0.1, 0.15) is 6.92 Å². The first-order valence-electron chi connectivity index (χ1n) is 10.1. The third-order valence-electron chi connectivity index (χ3n) is 4.68. The van der Waals surface area contributed by atoms with Gasteiger partial charge in [0.25, 0.3) is 0 Å². The van der Waals surface area contributed by atoms with E-state index in [9.17, 15) is 18.0 Å². The Morgan fingerprint density at radius 2 is 1.68 bits per heavy atom. The first kappa shape index (κ1) is 23.3. The van der Waals surface area contributed by atoms with Gasteiger partial charge in [-0.3, -0.25) is 4.79 Å². The van der Waals surface area contributed by atoms with E-state index in [0.29, 0.717) is 16.5 Å². The van der Waals surface area contributed by atoms with Gasteiger partial charge in [-0.25, -0.2) is 0 Å². The molecule has 1 N–H and O–H groups in total. The highest BCUT2D eigenvalue weighted by Gasteiger charge is 2.31. The van der Waals surface area contributed by atoms with E-state index in [1.807, 2.05) is 54.6 Å². The Bertz CT molecular complexity index is 1260. The number of benzene rings is 3. The molecule has 34 heavy (non-hydrogen) atoms. The first-order valence-corrected chi connectivity index (χ1v) is 10.9. The van der Waals surface area contributed by atoms with Gasteiger partial charge in [0.05, 0.1) is 10.9 Å². The maximum absolute atomic E-state index is 12.9. The Morgan fingerprint density at radius 1 is 1.00 bits per heavy atom. The van der Waals surface area contributed by atoms with Gasteiger partial charge in [-0.15, -0.1) is 18.3 Å². The van der Waals surface area contributed by atoms with Gasteiger partial charge in [0, 0.05) is 11.3 Å². The normalized spacial score (nSPS) is 12.2. The number of carbonyl (C=O) groups is 1. The smallest absolute Gasteiger partial charge is 0.406 e. The van der Waals surface area contributed by atoms with Crippen LogP contribution in [0.3, 0.4) is 0 Å². The van der Waals surface area contributed by atoms with Crippen molar-refractivity contribution in [1.82, 2.24) is 20.2 Å². The lowest BCUT2D eigenvalue weighted by Gasteiger charge is -2.15. The van der Waals surface area contributed by atoms with Crippen LogP contribution in [0.15, 0.2) is 84.0 Å². The summed E-state index contributed by atoms with van der Waals surface area (Å²) >= 11 is 1.12. The monoisotopic (exact) mass is 485 g/mol. The van der Waals surface area contributed by atoms with Crippen LogP contribution in [0.5, 0.6) is 5.75 Å². The SMILES string of the molecule is CC(Sc1nnnn1-c1ccc(OC(F)(F)F)cc1)C(=O)Nc1ccccc1-c1ccccc1. The molecule has 0 aliphatic carbocycles. The number of halogens is 3. The van der Waals surface area contributed by atoms with Crippen LogP contribution >= 0.6 is 11.8 Å². The molecule has 0 saturated carbocycles. The van der Waals surface area contributed by atoms with Crippen molar-refractivity contribution in [3.63, 3.8) is 0 Å². The second kappa shape index (κ2) is 9.96. The van der Waals surface area contributed by atoms with Gasteiger partial charge in [-0.1, -0.05) is 60.3 Å². The third kappa shape index (κ3) is 5.73. The van der Waals surface area contributed by atoms with Crippen LogP contribution in [0, 0.1) is 0 Å². The number of aromatic nitrogens is 4. The van der Waals surface area contributed by atoms with Crippen molar-refractivity contribution in [2.24, 2.45) is 0 Å². The molecular formula is C23H18F3N5O2S. The second-order valence-electron chi connectivity index (χ2n) is 7.08. The molecule has 1 unspecified atom stereocenters. The zero-order valence-corrected chi connectivity index (χ0v) is 18.5. The molecule has 1 amide bonds. The summed E-state index contributed by atoms with van der Waals surface area (Å²) in [5.41, 5.74) is 2.95. The van der Waals surface area contributed by atoms with Crippen molar-refractivity contribution in [3.8, 4) is 22.6 Å². The summed E-state index contributed by atoms with van der Waals surface area (Å²) in [6.45, 7) is 1.71. The third-order valence-corrected chi connectivity index (χ3v) is 5.71. The molecule has 0 saturated heterocycles. The number of ether oxygens (including phenoxy) is 1. The molecule has 7 nitrogen and oxygen atoms in total. The van der Waals surface area contributed by atoms with Crippen molar-refractivity contribution in [3.05, 3.63) is 78.9 Å².